The van der Waals surface area contributed by atoms with Crippen LogP contribution in [0.4, 0.5) is 5.69 Å². The van der Waals surface area contributed by atoms with Gasteiger partial charge in [-0.3, -0.25) is 13.8 Å². The Morgan fingerprint density at radius 2 is 1.67 bits per heavy atom. The van der Waals surface area contributed by atoms with Crippen LogP contribution in [0, 0.1) is 0 Å². The highest BCUT2D eigenvalue weighted by atomic mass is 35.5. The van der Waals surface area contributed by atoms with Crippen LogP contribution in [0.5, 0.6) is 0 Å². The molecule has 2 atom stereocenters. The van der Waals surface area contributed by atoms with E-state index in [9.17, 15) is 13.8 Å². The second-order valence-corrected chi connectivity index (χ2v) is 7.05. The molecule has 0 heterocycles. The lowest BCUT2D eigenvalue weighted by Gasteiger charge is -2.18. The molecule has 0 aromatic heterocycles. The van der Waals surface area contributed by atoms with Crippen molar-refractivity contribution >= 4 is 39.9 Å². The molecule has 0 saturated heterocycles. The summed E-state index contributed by atoms with van der Waals surface area (Å²) >= 11 is 5.78. The smallest absolute Gasteiger partial charge is 0.313 e. The van der Waals surface area contributed by atoms with Crippen LogP contribution >= 0.6 is 11.6 Å². The number of carbonyl (C=O) groups excluding carboxylic acids is 2. The number of carbonyl (C=O) groups is 2. The van der Waals surface area contributed by atoms with Crippen LogP contribution in [-0.4, -0.2) is 28.0 Å². The zero-order valence-corrected chi connectivity index (χ0v) is 14.6. The second-order valence-electron chi connectivity index (χ2n) is 5.14. The Morgan fingerprint density at radius 3 is 2.25 bits per heavy atom. The van der Waals surface area contributed by atoms with E-state index in [0.29, 0.717) is 10.7 Å². The summed E-state index contributed by atoms with van der Waals surface area (Å²) in [7, 11) is -1.13. The van der Waals surface area contributed by atoms with E-state index in [2.05, 4.69) is 10.6 Å². The minimum atomic E-state index is -1.13. The van der Waals surface area contributed by atoms with Gasteiger partial charge in [-0.05, 0) is 29.8 Å². The highest BCUT2D eigenvalue weighted by molar-refractivity contribution is 7.84. The third-order valence-corrected chi connectivity index (χ3v) is 4.27. The highest BCUT2D eigenvalue weighted by Crippen LogP contribution is 2.15. The molecule has 2 rings (SSSR count). The summed E-state index contributed by atoms with van der Waals surface area (Å²) in [4.78, 5) is 24.1. The maximum Gasteiger partial charge on any atom is 0.313 e. The Bertz CT molecular complexity index is 735. The molecule has 7 heteroatoms. The quantitative estimate of drug-likeness (QED) is 0.800. The molecule has 2 N–H and O–H groups in total. The number of nitrogens with one attached hydrogen (secondary N) is 2. The summed E-state index contributed by atoms with van der Waals surface area (Å²) in [6.45, 7) is 0. The van der Waals surface area contributed by atoms with Crippen LogP contribution in [0.1, 0.15) is 11.6 Å². The average molecular weight is 365 g/mol. The van der Waals surface area contributed by atoms with E-state index in [-0.39, 0.29) is 5.75 Å². The average Bonchev–Trinajstić information content (AvgIpc) is 2.56. The predicted octanol–water partition coefficient (Wildman–Crippen LogP) is 2.51. The molecule has 2 aromatic rings. The molecule has 2 unspecified atom stereocenters. The van der Waals surface area contributed by atoms with Gasteiger partial charge in [0.15, 0.2) is 0 Å². The largest absolute Gasteiger partial charge is 0.340 e. The van der Waals surface area contributed by atoms with Gasteiger partial charge in [0, 0.05) is 33.5 Å². The van der Waals surface area contributed by atoms with Gasteiger partial charge in [-0.1, -0.05) is 41.9 Å². The third kappa shape index (κ3) is 5.47. The van der Waals surface area contributed by atoms with Gasteiger partial charge < -0.3 is 10.6 Å². The van der Waals surface area contributed by atoms with Crippen molar-refractivity contribution in [3.63, 3.8) is 0 Å². The Morgan fingerprint density at radius 1 is 1.04 bits per heavy atom. The van der Waals surface area contributed by atoms with Crippen molar-refractivity contribution in [2.75, 3.05) is 17.3 Å². The number of amides is 2. The van der Waals surface area contributed by atoms with Gasteiger partial charge in [0.25, 0.3) is 0 Å². The van der Waals surface area contributed by atoms with Gasteiger partial charge in [-0.25, -0.2) is 0 Å². The minimum Gasteiger partial charge on any atom is -0.340 e. The molecular weight excluding hydrogens is 348 g/mol. The van der Waals surface area contributed by atoms with E-state index < -0.39 is 28.7 Å². The number of hydrogen-bond donors (Lipinski definition) is 2. The van der Waals surface area contributed by atoms with E-state index in [1.54, 1.807) is 30.5 Å². The van der Waals surface area contributed by atoms with Gasteiger partial charge in [0.1, 0.15) is 0 Å². The Balaban J connectivity index is 2.05. The third-order valence-electron chi connectivity index (χ3n) is 3.22. The molecular formula is C17H17ClN2O3S. The predicted molar refractivity (Wildman–Crippen MR) is 96.3 cm³/mol. The lowest BCUT2D eigenvalue weighted by Crippen LogP contribution is -2.39. The highest BCUT2D eigenvalue weighted by Gasteiger charge is 2.21. The van der Waals surface area contributed by atoms with Gasteiger partial charge in [-0.2, -0.15) is 0 Å². The first-order chi connectivity index (χ1) is 11.5. The lowest BCUT2D eigenvalue weighted by molar-refractivity contribution is -0.136. The summed E-state index contributed by atoms with van der Waals surface area (Å²) < 4.78 is 11.5. The molecule has 0 aliphatic heterocycles. The van der Waals surface area contributed by atoms with E-state index in [1.165, 1.54) is 0 Å². The number of anilines is 1. The molecule has 2 aromatic carbocycles. The molecule has 126 valence electrons. The molecule has 0 saturated carbocycles. The minimum absolute atomic E-state index is 0.226. The molecule has 0 fully saturated rings. The van der Waals surface area contributed by atoms with Crippen molar-refractivity contribution in [2.45, 2.75) is 6.04 Å². The zero-order valence-electron chi connectivity index (χ0n) is 13.0. The Hall–Kier alpha value is -2.18. The van der Waals surface area contributed by atoms with E-state index in [4.69, 9.17) is 11.6 Å². The molecule has 0 aliphatic rings. The fraction of sp³-hybridized carbons (Fsp3) is 0.176. The summed E-state index contributed by atoms with van der Waals surface area (Å²) in [5, 5.41) is 5.65. The number of halogens is 1. The molecule has 24 heavy (non-hydrogen) atoms. The molecule has 2 amide bonds. The SMILES string of the molecule is CS(=O)CC(NC(=O)C(=O)Nc1ccc(Cl)cc1)c1ccccc1. The Labute approximate surface area is 147 Å². The maximum absolute atomic E-state index is 12.1. The van der Waals surface area contributed by atoms with Crippen molar-refractivity contribution in [3.05, 3.63) is 65.2 Å². The first-order valence-electron chi connectivity index (χ1n) is 7.18. The molecule has 0 radical (unpaired) electrons. The first-order valence-corrected chi connectivity index (χ1v) is 9.28. The zero-order chi connectivity index (χ0) is 17.5. The van der Waals surface area contributed by atoms with Gasteiger partial charge in [0.05, 0.1) is 6.04 Å². The number of benzene rings is 2. The van der Waals surface area contributed by atoms with Crippen LogP contribution in [0.15, 0.2) is 54.6 Å². The first kappa shape index (κ1) is 18.2. The maximum atomic E-state index is 12.1. The van der Waals surface area contributed by atoms with Crippen molar-refractivity contribution < 1.29 is 13.8 Å². The van der Waals surface area contributed by atoms with Gasteiger partial charge >= 0.3 is 11.8 Å². The van der Waals surface area contributed by atoms with E-state index >= 15 is 0 Å². The van der Waals surface area contributed by atoms with E-state index in [0.717, 1.165) is 5.56 Å². The fourth-order valence-corrected chi connectivity index (χ4v) is 2.96. The van der Waals surface area contributed by atoms with Crippen LogP contribution < -0.4 is 10.6 Å². The van der Waals surface area contributed by atoms with Crippen LogP contribution in [0.25, 0.3) is 0 Å². The standard InChI is InChI=1S/C17H17ClN2O3S/c1-24(23)11-15(12-5-3-2-4-6-12)20-17(22)16(21)19-14-9-7-13(18)8-10-14/h2-10,15H,11H2,1H3,(H,19,21)(H,20,22). The molecule has 5 nitrogen and oxygen atoms in total. The van der Waals surface area contributed by atoms with Crippen LogP contribution in [0.3, 0.4) is 0 Å². The lowest BCUT2D eigenvalue weighted by atomic mass is 10.1. The van der Waals surface area contributed by atoms with Crippen molar-refractivity contribution in [1.29, 1.82) is 0 Å². The topological polar surface area (TPSA) is 75.3 Å². The van der Waals surface area contributed by atoms with E-state index in [1.807, 2.05) is 30.3 Å². The molecule has 0 bridgehead atoms. The summed E-state index contributed by atoms with van der Waals surface area (Å²) in [6, 6.07) is 15.0. The van der Waals surface area contributed by atoms with Gasteiger partial charge in [0.2, 0.25) is 0 Å². The monoisotopic (exact) mass is 364 g/mol. The van der Waals surface area contributed by atoms with Crippen molar-refractivity contribution in [3.8, 4) is 0 Å². The second kappa shape index (κ2) is 8.61. The summed E-state index contributed by atoms with van der Waals surface area (Å²) in [5.74, 6) is -1.35. The molecule has 0 aliphatic carbocycles. The van der Waals surface area contributed by atoms with Gasteiger partial charge in [-0.15, -0.1) is 0 Å². The van der Waals surface area contributed by atoms with Crippen LogP contribution in [-0.2, 0) is 20.4 Å². The van der Waals surface area contributed by atoms with Crippen molar-refractivity contribution in [1.82, 2.24) is 5.32 Å². The molecule has 0 spiro atoms. The fourth-order valence-electron chi connectivity index (χ4n) is 2.09. The number of rotatable bonds is 5. The summed E-state index contributed by atoms with van der Waals surface area (Å²) in [6.07, 6.45) is 1.55. The van der Waals surface area contributed by atoms with Crippen LogP contribution in [0.2, 0.25) is 5.02 Å². The normalized spacial score (nSPS) is 12.9. The van der Waals surface area contributed by atoms with Crippen molar-refractivity contribution in [2.24, 2.45) is 0 Å². The Kier molecular flexibility index (Phi) is 6.52. The number of hydrogen-bond acceptors (Lipinski definition) is 3. The summed E-state index contributed by atoms with van der Waals surface area (Å²) in [5.41, 5.74) is 1.26.